The molecule has 1 atom stereocenters. The second kappa shape index (κ2) is 26.0. The Hall–Kier alpha value is -4.92. The molecule has 0 aliphatic rings. The Balaban J connectivity index is 1.24. The fourth-order valence-electron chi connectivity index (χ4n) is 5.21. The molecule has 1 aromatic heterocycles. The first kappa shape index (κ1) is 43.5. The van der Waals surface area contributed by atoms with Crippen molar-refractivity contribution in [2.24, 2.45) is 5.73 Å². The van der Waals surface area contributed by atoms with Crippen molar-refractivity contribution in [1.29, 1.82) is 5.41 Å². The Kier molecular flexibility index (Phi) is 20.9. The number of anilines is 1. The fraction of sp³-hybridized carbons (Fsp3) is 0.500. The minimum atomic E-state index is -0.233. The third kappa shape index (κ3) is 17.3. The van der Waals surface area contributed by atoms with Gasteiger partial charge < -0.3 is 40.1 Å². The van der Waals surface area contributed by atoms with Crippen LogP contribution in [0.2, 0.25) is 0 Å². The first-order valence-corrected chi connectivity index (χ1v) is 18.7. The number of nitrogens with two attached hydrogens (primary N) is 1. The molecule has 0 aliphatic heterocycles. The van der Waals surface area contributed by atoms with Crippen molar-refractivity contribution in [1.82, 2.24) is 15.3 Å². The van der Waals surface area contributed by atoms with Crippen LogP contribution in [0.3, 0.4) is 0 Å². The Morgan fingerprint density at radius 3 is 2.20 bits per heavy atom. The number of ether oxygens (including phenoxy) is 5. The summed E-state index contributed by atoms with van der Waals surface area (Å²) in [7, 11) is 3.11. The quantitative estimate of drug-likeness (QED) is 0.0267. The molecule has 0 radical (unpaired) electrons. The largest absolute Gasteiger partial charge is 0.494 e. The van der Waals surface area contributed by atoms with Crippen molar-refractivity contribution in [2.45, 2.75) is 64.3 Å². The monoisotopic (exact) mass is 748 g/mol. The van der Waals surface area contributed by atoms with Crippen molar-refractivity contribution < 1.29 is 37.8 Å². The lowest BCUT2D eigenvalue weighted by molar-refractivity contribution is -0.373. The maximum Gasteiger partial charge on any atom is 0.305 e. The molecule has 2 aromatic carbocycles. The average molecular weight is 749 g/mol. The molecule has 0 saturated heterocycles. The lowest BCUT2D eigenvalue weighted by Gasteiger charge is -2.16. The third-order valence-corrected chi connectivity index (χ3v) is 8.49. The summed E-state index contributed by atoms with van der Waals surface area (Å²) in [5.74, 6) is 0.989. The molecule has 0 bridgehead atoms. The molecule has 3 rings (SSSR count). The number of carbonyl (C=O) groups is 2. The van der Waals surface area contributed by atoms with Gasteiger partial charge in [-0.25, -0.2) is 14.5 Å². The SMILES string of the molecule is COC(=O)CCCCCOCCOCCOCCCCCCOc1cccc(C(C)NC(=O)c2cccc(NCC(N)=[N+](C)C(=N)c3ccncn3)c2)c1. The molecule has 0 saturated carbocycles. The highest BCUT2D eigenvalue weighted by atomic mass is 16.5. The first-order chi connectivity index (χ1) is 26.3. The van der Waals surface area contributed by atoms with Gasteiger partial charge in [0.05, 0.1) is 53.2 Å². The number of rotatable bonds is 27. The summed E-state index contributed by atoms with van der Waals surface area (Å²) in [6, 6.07) is 16.4. The van der Waals surface area contributed by atoms with Gasteiger partial charge in [-0.1, -0.05) is 31.0 Å². The van der Waals surface area contributed by atoms with Crippen molar-refractivity contribution >= 4 is 29.2 Å². The molecule has 14 heteroatoms. The predicted octanol–water partition coefficient (Wildman–Crippen LogP) is 5.13. The first-order valence-electron chi connectivity index (χ1n) is 18.7. The topological polar surface area (TPSA) is 183 Å². The van der Waals surface area contributed by atoms with Crippen molar-refractivity contribution in [3.8, 4) is 5.75 Å². The van der Waals surface area contributed by atoms with Crippen LogP contribution in [-0.2, 0) is 23.7 Å². The highest BCUT2D eigenvalue weighted by Gasteiger charge is 2.15. The number of esters is 1. The minimum absolute atomic E-state index is 0.154. The van der Waals surface area contributed by atoms with E-state index in [1.165, 1.54) is 13.4 Å². The van der Waals surface area contributed by atoms with Gasteiger partial charge in [0.15, 0.2) is 0 Å². The Bertz CT molecular complexity index is 1590. The van der Waals surface area contributed by atoms with Crippen molar-refractivity contribution in [2.75, 3.05) is 72.3 Å². The normalized spacial score (nSPS) is 12.1. The van der Waals surface area contributed by atoms with Gasteiger partial charge in [0.1, 0.15) is 24.3 Å². The van der Waals surface area contributed by atoms with Gasteiger partial charge in [-0.2, -0.15) is 5.41 Å². The number of amides is 1. The molecular weight excluding hydrogens is 690 g/mol. The summed E-state index contributed by atoms with van der Waals surface area (Å²) in [6.07, 6.45) is 10.2. The molecule has 1 heterocycles. The molecule has 294 valence electrons. The number of amidine groups is 2. The predicted molar refractivity (Wildman–Crippen MR) is 208 cm³/mol. The minimum Gasteiger partial charge on any atom is -0.494 e. The summed E-state index contributed by atoms with van der Waals surface area (Å²) >= 11 is 0. The smallest absolute Gasteiger partial charge is 0.305 e. The summed E-state index contributed by atoms with van der Waals surface area (Å²) in [4.78, 5) is 32.2. The van der Waals surface area contributed by atoms with Gasteiger partial charge in [-0.3, -0.25) is 9.59 Å². The van der Waals surface area contributed by atoms with E-state index in [0.29, 0.717) is 69.8 Å². The number of carbonyl (C=O) groups excluding carboxylic acids is 2. The number of unbranched alkanes of at least 4 members (excludes halogenated alkanes) is 5. The van der Waals surface area contributed by atoms with Crippen molar-refractivity contribution in [3.63, 3.8) is 0 Å². The van der Waals surface area contributed by atoms with Gasteiger partial charge in [-0.15, -0.1) is 0 Å². The Morgan fingerprint density at radius 2 is 1.52 bits per heavy atom. The van der Waals surface area contributed by atoms with Gasteiger partial charge in [0.25, 0.3) is 11.7 Å². The maximum absolute atomic E-state index is 13.2. The van der Waals surface area contributed by atoms with Gasteiger partial charge >= 0.3 is 5.97 Å². The fourth-order valence-corrected chi connectivity index (χ4v) is 5.21. The van der Waals surface area contributed by atoms with Crippen LogP contribution in [-0.4, -0.2) is 105 Å². The van der Waals surface area contributed by atoms with E-state index in [-0.39, 0.29) is 30.3 Å². The number of benzene rings is 2. The van der Waals surface area contributed by atoms with E-state index in [1.807, 2.05) is 43.3 Å². The van der Waals surface area contributed by atoms with E-state index in [1.54, 1.807) is 36.0 Å². The zero-order valence-corrected chi connectivity index (χ0v) is 32.0. The van der Waals surface area contributed by atoms with Crippen LogP contribution < -0.4 is 21.1 Å². The van der Waals surface area contributed by atoms with Crippen LogP contribution in [0, 0.1) is 5.41 Å². The van der Waals surface area contributed by atoms with E-state index in [2.05, 4.69) is 25.3 Å². The second-order valence-electron chi connectivity index (χ2n) is 12.7. The molecule has 0 aliphatic carbocycles. The standard InChI is InChI=1S/C40H57N7O7/c1-31(46-40(49)33-14-11-15-34(27-33)44-29-37(41)47(2)39(42)36-18-19-43-30-45-36)32-13-12-16-35(28-32)54-22-10-5-4-8-20-51-23-25-53-26-24-52-21-9-6-7-17-38(48)50-3/h11-16,18-19,27-28,30-31,41-42,44H,4-10,17,20-26,29H2,1-3H3,(H,46,49)/p+1. The molecule has 0 spiro atoms. The molecule has 5 N–H and O–H groups in total. The Morgan fingerprint density at radius 1 is 0.852 bits per heavy atom. The highest BCUT2D eigenvalue weighted by Crippen LogP contribution is 2.21. The molecular formula is C40H58N7O7+. The summed E-state index contributed by atoms with van der Waals surface area (Å²) in [5.41, 5.74) is 8.89. The zero-order chi connectivity index (χ0) is 38.8. The van der Waals surface area contributed by atoms with E-state index in [0.717, 1.165) is 61.9 Å². The molecule has 14 nitrogen and oxygen atoms in total. The summed E-state index contributed by atoms with van der Waals surface area (Å²) < 4.78 is 28.9. The lowest BCUT2D eigenvalue weighted by atomic mass is 10.1. The Labute approximate surface area is 319 Å². The molecule has 1 unspecified atom stereocenters. The van der Waals surface area contributed by atoms with E-state index in [9.17, 15) is 9.59 Å². The number of hydrogen-bond donors (Lipinski definition) is 4. The molecule has 1 amide bonds. The van der Waals surface area contributed by atoms with Gasteiger partial charge in [0, 0.05) is 37.1 Å². The highest BCUT2D eigenvalue weighted by molar-refractivity contribution is 5.96. The van der Waals surface area contributed by atoms with Crippen LogP contribution >= 0.6 is 0 Å². The zero-order valence-electron chi connectivity index (χ0n) is 32.0. The van der Waals surface area contributed by atoms with E-state index in [4.69, 9.17) is 30.1 Å². The van der Waals surface area contributed by atoms with E-state index >= 15 is 0 Å². The van der Waals surface area contributed by atoms with Crippen LogP contribution in [0.15, 0.2) is 67.1 Å². The number of nitrogens with zero attached hydrogens (tertiary/aromatic N) is 3. The summed E-state index contributed by atoms with van der Waals surface area (Å²) in [5, 5.41) is 14.6. The maximum atomic E-state index is 13.2. The van der Waals surface area contributed by atoms with Crippen LogP contribution in [0.5, 0.6) is 5.75 Å². The second-order valence-corrected chi connectivity index (χ2v) is 12.7. The van der Waals surface area contributed by atoms with Gasteiger partial charge in [0.2, 0.25) is 5.84 Å². The van der Waals surface area contributed by atoms with Crippen LogP contribution in [0.1, 0.15) is 85.9 Å². The van der Waals surface area contributed by atoms with Gasteiger partial charge in [-0.05, 0) is 81.0 Å². The summed E-state index contributed by atoms with van der Waals surface area (Å²) in [6.45, 7) is 6.45. The van der Waals surface area contributed by atoms with E-state index < -0.39 is 0 Å². The molecule has 54 heavy (non-hydrogen) atoms. The number of methoxy groups -OCH3 is 1. The third-order valence-electron chi connectivity index (χ3n) is 8.49. The number of nitrogens with one attached hydrogen (secondary N) is 3. The molecule has 0 fully saturated rings. The van der Waals surface area contributed by atoms with Crippen LogP contribution in [0.4, 0.5) is 5.69 Å². The molecule has 3 aromatic rings. The number of aromatic nitrogens is 2. The van der Waals surface area contributed by atoms with Crippen molar-refractivity contribution in [3.05, 3.63) is 83.9 Å². The lowest BCUT2D eigenvalue weighted by Crippen LogP contribution is -2.36. The average Bonchev–Trinajstić information content (AvgIpc) is 3.20. The number of hydrogen-bond acceptors (Lipinski definition) is 11. The van der Waals surface area contributed by atoms with Crippen LogP contribution in [0.25, 0.3) is 0 Å².